The molecule has 0 aromatic carbocycles. The number of carbonyl (C=O) groups is 2. The second-order valence-electron chi connectivity index (χ2n) is 7.45. The van der Waals surface area contributed by atoms with Crippen molar-refractivity contribution in [3.63, 3.8) is 0 Å². The van der Waals surface area contributed by atoms with Crippen LogP contribution in [-0.4, -0.2) is 59.9 Å². The smallest absolute Gasteiger partial charge is 0.228 e. The largest absolute Gasteiger partial charge is 0.339 e. The molecule has 2 aliphatic heterocycles. The van der Waals surface area contributed by atoms with E-state index in [-0.39, 0.29) is 36.2 Å². The number of amides is 2. The molecule has 6 heteroatoms. The van der Waals surface area contributed by atoms with Gasteiger partial charge in [-0.2, -0.15) is 0 Å². The zero-order valence-corrected chi connectivity index (χ0v) is 15.1. The lowest BCUT2D eigenvalue weighted by atomic mass is 9.86. The number of likely N-dealkylation sites (tertiary alicyclic amines) is 1. The van der Waals surface area contributed by atoms with Crippen LogP contribution in [0.2, 0.25) is 0 Å². The maximum absolute atomic E-state index is 12.8. The molecular formula is C17H30ClN3O2. The first-order valence-electron chi connectivity index (χ1n) is 8.87. The average Bonchev–Trinajstić information content (AvgIpc) is 2.90. The molecular weight excluding hydrogens is 314 g/mol. The summed E-state index contributed by atoms with van der Waals surface area (Å²) in [4.78, 5) is 29.1. The summed E-state index contributed by atoms with van der Waals surface area (Å²) in [5.74, 6) is 1.05. The van der Waals surface area contributed by atoms with Gasteiger partial charge in [-0.1, -0.05) is 6.92 Å². The molecule has 1 saturated carbocycles. The monoisotopic (exact) mass is 343 g/mol. The highest BCUT2D eigenvalue weighted by Gasteiger charge is 2.41. The fourth-order valence-electron chi connectivity index (χ4n) is 4.21. The van der Waals surface area contributed by atoms with Crippen LogP contribution in [0.5, 0.6) is 0 Å². The Labute approximate surface area is 145 Å². The second kappa shape index (κ2) is 7.84. The maximum atomic E-state index is 12.8. The first kappa shape index (κ1) is 18.5. The summed E-state index contributed by atoms with van der Waals surface area (Å²) in [6, 6.07) is 0.614. The molecule has 2 amide bonds. The Balaban J connectivity index is 0.00000192. The van der Waals surface area contributed by atoms with Gasteiger partial charge in [-0.05, 0) is 38.5 Å². The highest BCUT2D eigenvalue weighted by atomic mass is 35.5. The highest BCUT2D eigenvalue weighted by Crippen LogP contribution is 2.32. The molecule has 2 heterocycles. The zero-order valence-electron chi connectivity index (χ0n) is 14.3. The third kappa shape index (κ3) is 4.00. The van der Waals surface area contributed by atoms with Crippen molar-refractivity contribution in [3.05, 3.63) is 0 Å². The molecule has 3 fully saturated rings. The summed E-state index contributed by atoms with van der Waals surface area (Å²) in [6.45, 7) is 7.51. The van der Waals surface area contributed by atoms with Crippen molar-refractivity contribution in [2.24, 2.45) is 11.8 Å². The molecule has 3 rings (SSSR count). The van der Waals surface area contributed by atoms with E-state index < -0.39 is 0 Å². The fraction of sp³-hybridized carbons (Fsp3) is 0.882. The van der Waals surface area contributed by atoms with Gasteiger partial charge in [0.15, 0.2) is 0 Å². The Hall–Kier alpha value is -0.810. The summed E-state index contributed by atoms with van der Waals surface area (Å²) in [5.41, 5.74) is 0. The van der Waals surface area contributed by atoms with Crippen molar-refractivity contribution in [1.82, 2.24) is 15.1 Å². The van der Waals surface area contributed by atoms with Crippen molar-refractivity contribution < 1.29 is 9.59 Å². The van der Waals surface area contributed by atoms with Crippen molar-refractivity contribution in [2.75, 3.05) is 26.2 Å². The number of halogens is 1. The van der Waals surface area contributed by atoms with Crippen LogP contribution in [0.15, 0.2) is 0 Å². The Morgan fingerprint density at radius 1 is 1.17 bits per heavy atom. The molecule has 23 heavy (non-hydrogen) atoms. The maximum Gasteiger partial charge on any atom is 0.228 e. The minimum atomic E-state index is -0.118. The Bertz CT molecular complexity index is 438. The number of hydrogen-bond donors (Lipinski definition) is 1. The van der Waals surface area contributed by atoms with E-state index in [9.17, 15) is 9.59 Å². The van der Waals surface area contributed by atoms with Crippen molar-refractivity contribution in [1.29, 1.82) is 0 Å². The van der Waals surface area contributed by atoms with Gasteiger partial charge in [-0.15, -0.1) is 12.4 Å². The van der Waals surface area contributed by atoms with Crippen LogP contribution < -0.4 is 5.32 Å². The van der Waals surface area contributed by atoms with Crippen LogP contribution in [0.3, 0.4) is 0 Å². The number of carbonyl (C=O) groups excluding carboxylic acids is 2. The van der Waals surface area contributed by atoms with Crippen molar-refractivity contribution in [2.45, 2.75) is 58.0 Å². The van der Waals surface area contributed by atoms with Crippen LogP contribution in [0.4, 0.5) is 0 Å². The summed E-state index contributed by atoms with van der Waals surface area (Å²) in [5, 5.41) is 3.31. The first-order valence-corrected chi connectivity index (χ1v) is 8.87. The first-order chi connectivity index (χ1) is 10.6. The van der Waals surface area contributed by atoms with Crippen LogP contribution >= 0.6 is 12.4 Å². The normalized spacial score (nSPS) is 35.1. The minimum absolute atomic E-state index is 0. The molecule has 1 N–H and O–H groups in total. The lowest BCUT2D eigenvalue weighted by molar-refractivity contribution is -0.138. The van der Waals surface area contributed by atoms with Gasteiger partial charge in [0.05, 0.1) is 5.92 Å². The predicted octanol–water partition coefficient (Wildman–Crippen LogP) is 1.66. The van der Waals surface area contributed by atoms with E-state index in [0.717, 1.165) is 38.4 Å². The van der Waals surface area contributed by atoms with E-state index in [1.165, 1.54) is 12.8 Å². The molecule has 0 bridgehead atoms. The van der Waals surface area contributed by atoms with E-state index in [2.05, 4.69) is 19.2 Å². The summed E-state index contributed by atoms with van der Waals surface area (Å²) < 4.78 is 0. The Kier molecular flexibility index (Phi) is 6.32. The SMILES string of the molecule is CC1CCC(N2CC(C(=O)N3CCNC[C@@H]3C)CC2=O)CC1.Cl. The van der Waals surface area contributed by atoms with Crippen LogP contribution in [0.1, 0.15) is 46.0 Å². The second-order valence-corrected chi connectivity index (χ2v) is 7.45. The average molecular weight is 344 g/mol. The molecule has 0 radical (unpaired) electrons. The Morgan fingerprint density at radius 2 is 1.87 bits per heavy atom. The molecule has 2 atom stereocenters. The van der Waals surface area contributed by atoms with Crippen LogP contribution in [-0.2, 0) is 9.59 Å². The number of rotatable bonds is 2. The van der Waals surface area contributed by atoms with E-state index in [0.29, 0.717) is 19.0 Å². The third-order valence-corrected chi connectivity index (χ3v) is 5.72. The summed E-state index contributed by atoms with van der Waals surface area (Å²) >= 11 is 0. The lowest BCUT2D eigenvalue weighted by Gasteiger charge is -2.36. The van der Waals surface area contributed by atoms with Crippen molar-refractivity contribution in [3.8, 4) is 0 Å². The van der Waals surface area contributed by atoms with E-state index in [1.54, 1.807) is 0 Å². The highest BCUT2D eigenvalue weighted by molar-refractivity contribution is 5.89. The summed E-state index contributed by atoms with van der Waals surface area (Å²) in [6.07, 6.45) is 5.06. The molecule has 0 aromatic rings. The molecule has 2 saturated heterocycles. The molecule has 1 unspecified atom stereocenters. The number of hydrogen-bond acceptors (Lipinski definition) is 3. The van der Waals surface area contributed by atoms with Gasteiger partial charge < -0.3 is 15.1 Å². The van der Waals surface area contributed by atoms with Crippen LogP contribution in [0, 0.1) is 11.8 Å². The van der Waals surface area contributed by atoms with Gasteiger partial charge in [0.25, 0.3) is 0 Å². The standard InChI is InChI=1S/C17H29N3O2.ClH/c1-12-3-5-15(6-4-12)20-11-14(9-16(20)21)17(22)19-8-7-18-10-13(19)2;/h12-15,18H,3-11H2,1-2H3;1H/t12?,13-,14?,15?;/m0./s1. The number of nitrogens with one attached hydrogen (secondary N) is 1. The molecule has 132 valence electrons. The predicted molar refractivity (Wildman–Crippen MR) is 92.5 cm³/mol. The molecule has 0 spiro atoms. The van der Waals surface area contributed by atoms with Crippen molar-refractivity contribution >= 4 is 24.2 Å². The van der Waals surface area contributed by atoms with Gasteiger partial charge in [0.2, 0.25) is 11.8 Å². The van der Waals surface area contributed by atoms with Gasteiger partial charge >= 0.3 is 0 Å². The van der Waals surface area contributed by atoms with Gasteiger partial charge in [0.1, 0.15) is 0 Å². The third-order valence-electron chi connectivity index (χ3n) is 5.72. The van der Waals surface area contributed by atoms with Gasteiger partial charge in [-0.3, -0.25) is 9.59 Å². The van der Waals surface area contributed by atoms with E-state index in [4.69, 9.17) is 0 Å². The van der Waals surface area contributed by atoms with E-state index in [1.807, 2.05) is 9.80 Å². The van der Waals surface area contributed by atoms with E-state index >= 15 is 0 Å². The summed E-state index contributed by atoms with van der Waals surface area (Å²) in [7, 11) is 0. The Morgan fingerprint density at radius 3 is 2.52 bits per heavy atom. The lowest BCUT2D eigenvalue weighted by Crippen LogP contribution is -2.54. The quantitative estimate of drug-likeness (QED) is 0.829. The molecule has 0 aromatic heterocycles. The van der Waals surface area contributed by atoms with Gasteiger partial charge in [-0.25, -0.2) is 0 Å². The zero-order chi connectivity index (χ0) is 15.7. The number of nitrogens with zero attached hydrogens (tertiary/aromatic N) is 2. The minimum Gasteiger partial charge on any atom is -0.339 e. The topological polar surface area (TPSA) is 52.7 Å². The molecule has 3 aliphatic rings. The van der Waals surface area contributed by atoms with Crippen LogP contribution in [0.25, 0.3) is 0 Å². The fourth-order valence-corrected chi connectivity index (χ4v) is 4.21. The van der Waals surface area contributed by atoms with Gasteiger partial charge in [0, 0.05) is 44.7 Å². The molecule has 5 nitrogen and oxygen atoms in total. The number of piperazine rings is 1. The molecule has 1 aliphatic carbocycles.